The Balaban J connectivity index is 1.86. The number of carbonyl (C=O) groups excluding carboxylic acids is 1. The van der Waals surface area contributed by atoms with E-state index in [2.05, 4.69) is 10.5 Å². The van der Waals surface area contributed by atoms with Crippen molar-refractivity contribution in [2.24, 2.45) is 5.10 Å². The van der Waals surface area contributed by atoms with E-state index in [1.54, 1.807) is 35.0 Å². The van der Waals surface area contributed by atoms with Gasteiger partial charge in [0.15, 0.2) is 11.2 Å². The van der Waals surface area contributed by atoms with Crippen LogP contribution in [0, 0.1) is 5.82 Å². The number of hydrogen-bond donors (Lipinski definition) is 2. The van der Waals surface area contributed by atoms with Crippen LogP contribution in [0.3, 0.4) is 0 Å². The summed E-state index contributed by atoms with van der Waals surface area (Å²) in [4.78, 5) is 24.8. The monoisotopic (exact) mass is 414 g/mol. The summed E-state index contributed by atoms with van der Waals surface area (Å²) in [5, 5.41) is 4.19. The lowest BCUT2D eigenvalue weighted by atomic mass is 10.1. The number of anilines is 2. The van der Waals surface area contributed by atoms with Crippen LogP contribution in [0.2, 0.25) is 0 Å². The highest BCUT2D eigenvalue weighted by molar-refractivity contribution is 5.98. The molecule has 3 aromatic carbocycles. The first-order chi connectivity index (χ1) is 14.9. The Kier molecular flexibility index (Phi) is 5.32. The minimum absolute atomic E-state index is 0.0217. The van der Waals surface area contributed by atoms with E-state index < -0.39 is 17.0 Å². The summed E-state index contributed by atoms with van der Waals surface area (Å²) in [6.45, 7) is 1.31. The van der Waals surface area contributed by atoms with Crippen LogP contribution in [0.1, 0.15) is 22.8 Å². The number of ketones is 1. The normalized spacial score (nSPS) is 11.2. The number of carbonyl (C=O) groups is 1. The number of hydrogen-bond acceptors (Lipinski definition) is 5. The number of fused-ring (bicyclic) bond motifs is 1. The Morgan fingerprint density at radius 2 is 1.81 bits per heavy atom. The van der Waals surface area contributed by atoms with Gasteiger partial charge in [0.1, 0.15) is 5.82 Å². The van der Waals surface area contributed by atoms with Crippen LogP contribution in [0.4, 0.5) is 15.8 Å². The minimum atomic E-state index is -0.653. The summed E-state index contributed by atoms with van der Waals surface area (Å²) < 4.78 is 16.4. The van der Waals surface area contributed by atoms with E-state index in [1.807, 2.05) is 30.3 Å². The number of rotatable bonds is 5. The number of benzene rings is 3. The quantitative estimate of drug-likeness (QED) is 0.220. The summed E-state index contributed by atoms with van der Waals surface area (Å²) in [7, 11) is 0. The van der Waals surface area contributed by atoms with Crippen LogP contribution >= 0.6 is 0 Å². The standard InChI is InChI=1S/C24H19FN4O2/c1-15(30)20-14-29(18-9-7-17(26)8-10-18)23-12-22(21(25)11-19(23)24(20)31)28-27-13-16-5-3-2-4-6-16/h2-14,28H,26H2,1H3/b27-13+. The molecule has 0 spiro atoms. The van der Waals surface area contributed by atoms with Crippen molar-refractivity contribution in [2.45, 2.75) is 6.92 Å². The van der Waals surface area contributed by atoms with Gasteiger partial charge in [-0.2, -0.15) is 5.10 Å². The van der Waals surface area contributed by atoms with E-state index >= 15 is 0 Å². The second kappa shape index (κ2) is 8.23. The molecule has 154 valence electrons. The van der Waals surface area contributed by atoms with Gasteiger partial charge in [-0.3, -0.25) is 15.0 Å². The zero-order valence-corrected chi connectivity index (χ0v) is 16.7. The molecule has 1 heterocycles. The molecule has 0 saturated carbocycles. The third-order valence-electron chi connectivity index (χ3n) is 4.84. The summed E-state index contributed by atoms with van der Waals surface area (Å²) in [5.41, 5.74) is 10.5. The number of nitrogens with zero attached hydrogens (tertiary/aromatic N) is 2. The fourth-order valence-corrected chi connectivity index (χ4v) is 3.25. The SMILES string of the molecule is CC(=O)c1cn(-c2ccc(N)cc2)c2cc(N/N=C/c3ccccc3)c(F)cc2c1=O. The predicted octanol–water partition coefficient (Wildman–Crippen LogP) is 4.36. The first-order valence-corrected chi connectivity index (χ1v) is 9.54. The first kappa shape index (κ1) is 20.0. The molecular weight excluding hydrogens is 395 g/mol. The summed E-state index contributed by atoms with van der Waals surface area (Å²) in [6.07, 6.45) is 3.03. The number of nitrogens with one attached hydrogen (secondary N) is 1. The van der Waals surface area contributed by atoms with Gasteiger partial charge in [-0.15, -0.1) is 0 Å². The zero-order valence-electron chi connectivity index (χ0n) is 16.7. The van der Waals surface area contributed by atoms with Crippen molar-refractivity contribution >= 4 is 34.3 Å². The Morgan fingerprint density at radius 1 is 1.10 bits per heavy atom. The summed E-state index contributed by atoms with van der Waals surface area (Å²) in [6, 6.07) is 18.9. The van der Waals surface area contributed by atoms with Gasteiger partial charge in [0.25, 0.3) is 0 Å². The third kappa shape index (κ3) is 4.06. The number of aromatic nitrogens is 1. The molecule has 0 aliphatic heterocycles. The Morgan fingerprint density at radius 3 is 2.48 bits per heavy atom. The van der Waals surface area contributed by atoms with Crippen molar-refractivity contribution in [3.63, 3.8) is 0 Å². The fourth-order valence-electron chi connectivity index (χ4n) is 3.25. The van der Waals surface area contributed by atoms with Crippen LogP contribution in [0.5, 0.6) is 0 Å². The van der Waals surface area contributed by atoms with Crippen molar-refractivity contribution in [1.82, 2.24) is 4.57 Å². The van der Waals surface area contributed by atoms with Gasteiger partial charge in [0.2, 0.25) is 0 Å². The van der Waals surface area contributed by atoms with Gasteiger partial charge in [0.05, 0.1) is 23.0 Å². The molecule has 0 bridgehead atoms. The lowest BCUT2D eigenvalue weighted by molar-refractivity contribution is 0.101. The second-order valence-electron chi connectivity index (χ2n) is 7.02. The Labute approximate surface area is 177 Å². The maximum absolute atomic E-state index is 14.8. The van der Waals surface area contributed by atoms with E-state index in [-0.39, 0.29) is 16.6 Å². The van der Waals surface area contributed by atoms with Gasteiger partial charge in [0, 0.05) is 23.0 Å². The topological polar surface area (TPSA) is 89.5 Å². The molecule has 0 aliphatic carbocycles. The average Bonchev–Trinajstić information content (AvgIpc) is 2.76. The predicted molar refractivity (Wildman–Crippen MR) is 122 cm³/mol. The van der Waals surface area contributed by atoms with Crippen LogP contribution in [0.25, 0.3) is 16.6 Å². The van der Waals surface area contributed by atoms with Gasteiger partial charge >= 0.3 is 0 Å². The van der Waals surface area contributed by atoms with Gasteiger partial charge in [-0.25, -0.2) is 4.39 Å². The zero-order chi connectivity index (χ0) is 22.0. The Bertz CT molecular complexity index is 1360. The van der Waals surface area contributed by atoms with E-state index in [1.165, 1.54) is 19.2 Å². The van der Waals surface area contributed by atoms with E-state index in [0.29, 0.717) is 16.9 Å². The lowest BCUT2D eigenvalue weighted by Crippen LogP contribution is -2.17. The molecule has 0 saturated heterocycles. The summed E-state index contributed by atoms with van der Waals surface area (Å²) in [5.74, 6) is -1.05. The molecule has 0 amide bonds. The highest BCUT2D eigenvalue weighted by Gasteiger charge is 2.16. The molecule has 0 fully saturated rings. The van der Waals surface area contributed by atoms with Crippen LogP contribution in [-0.2, 0) is 0 Å². The summed E-state index contributed by atoms with van der Waals surface area (Å²) >= 11 is 0. The molecule has 1 aromatic heterocycles. The van der Waals surface area contributed by atoms with Crippen LogP contribution < -0.4 is 16.6 Å². The highest BCUT2D eigenvalue weighted by Crippen LogP contribution is 2.25. The van der Waals surface area contributed by atoms with E-state index in [4.69, 9.17) is 5.73 Å². The van der Waals surface area contributed by atoms with Crippen LogP contribution in [-0.4, -0.2) is 16.6 Å². The van der Waals surface area contributed by atoms with E-state index in [0.717, 1.165) is 11.6 Å². The highest BCUT2D eigenvalue weighted by atomic mass is 19.1. The van der Waals surface area contributed by atoms with Crippen molar-refractivity contribution < 1.29 is 9.18 Å². The molecule has 3 N–H and O–H groups in total. The van der Waals surface area contributed by atoms with E-state index in [9.17, 15) is 14.0 Å². The van der Waals surface area contributed by atoms with Crippen molar-refractivity contribution in [1.29, 1.82) is 0 Å². The first-order valence-electron chi connectivity index (χ1n) is 9.54. The molecule has 6 nitrogen and oxygen atoms in total. The molecule has 4 aromatic rings. The lowest BCUT2D eigenvalue weighted by Gasteiger charge is -2.14. The molecule has 31 heavy (non-hydrogen) atoms. The number of nitrogens with two attached hydrogens (primary N) is 1. The molecule has 0 atom stereocenters. The number of nitrogen functional groups attached to an aromatic ring is 1. The fraction of sp³-hybridized carbons (Fsp3) is 0.0417. The van der Waals surface area contributed by atoms with Crippen molar-refractivity contribution in [2.75, 3.05) is 11.2 Å². The van der Waals surface area contributed by atoms with Crippen molar-refractivity contribution in [3.8, 4) is 5.69 Å². The number of pyridine rings is 1. The van der Waals surface area contributed by atoms with Crippen LogP contribution in [0.15, 0.2) is 82.8 Å². The van der Waals surface area contributed by atoms with Gasteiger partial charge in [-0.05, 0) is 48.9 Å². The van der Waals surface area contributed by atoms with Crippen molar-refractivity contribution in [3.05, 3.63) is 100 Å². The van der Waals surface area contributed by atoms with Gasteiger partial charge in [-0.1, -0.05) is 30.3 Å². The number of hydrazone groups is 1. The average molecular weight is 414 g/mol. The van der Waals surface area contributed by atoms with Gasteiger partial charge < -0.3 is 10.3 Å². The molecular formula is C24H19FN4O2. The molecule has 0 aliphatic rings. The number of halogens is 1. The molecule has 4 rings (SSSR count). The number of Topliss-reactive ketones (excluding diaryl/α,β-unsaturated/α-hetero) is 1. The molecule has 0 unspecified atom stereocenters. The maximum Gasteiger partial charge on any atom is 0.200 e. The largest absolute Gasteiger partial charge is 0.399 e. The molecule has 7 heteroatoms. The minimum Gasteiger partial charge on any atom is -0.399 e. The third-order valence-corrected chi connectivity index (χ3v) is 4.84. The Hall–Kier alpha value is -4.26. The maximum atomic E-state index is 14.8. The smallest absolute Gasteiger partial charge is 0.200 e. The second-order valence-corrected chi connectivity index (χ2v) is 7.02. The molecule has 0 radical (unpaired) electrons.